The molecule has 146 valence electrons. The molecule has 6 heteroatoms. The van der Waals surface area contributed by atoms with Gasteiger partial charge in [0, 0.05) is 23.6 Å². The lowest BCUT2D eigenvalue weighted by molar-refractivity contribution is -0.121. The van der Waals surface area contributed by atoms with Gasteiger partial charge in [-0.2, -0.15) is 0 Å². The molecule has 1 heterocycles. The van der Waals surface area contributed by atoms with Gasteiger partial charge in [0.05, 0.1) is 13.2 Å². The molecule has 1 amide bonds. The summed E-state index contributed by atoms with van der Waals surface area (Å²) in [6.45, 7) is 2.00. The van der Waals surface area contributed by atoms with E-state index >= 15 is 0 Å². The minimum atomic E-state index is -0.712. The van der Waals surface area contributed by atoms with Crippen LogP contribution in [0.3, 0.4) is 0 Å². The van der Waals surface area contributed by atoms with Gasteiger partial charge in [0.1, 0.15) is 22.8 Å². The number of amides is 1. The Hall–Kier alpha value is -3.15. The first-order valence-corrected chi connectivity index (χ1v) is 9.24. The highest BCUT2D eigenvalue weighted by atomic mass is 19.1. The van der Waals surface area contributed by atoms with E-state index in [4.69, 9.17) is 4.74 Å². The molecule has 1 aromatic heterocycles. The van der Waals surface area contributed by atoms with E-state index < -0.39 is 11.9 Å². The molecule has 0 aliphatic rings. The smallest absolute Gasteiger partial charge is 0.220 e. The molecule has 3 rings (SSSR count). The molecule has 3 aromatic rings. The minimum Gasteiger partial charge on any atom is -0.505 e. The van der Waals surface area contributed by atoms with Crippen molar-refractivity contribution in [2.75, 3.05) is 7.11 Å². The summed E-state index contributed by atoms with van der Waals surface area (Å²) in [5.41, 5.74) is 1.13. The number of pyridine rings is 1. The normalized spacial score (nSPS) is 12.0. The van der Waals surface area contributed by atoms with E-state index in [1.165, 1.54) is 12.3 Å². The number of nitrogens with zero attached hydrogens (tertiary/aromatic N) is 1. The van der Waals surface area contributed by atoms with Crippen molar-refractivity contribution in [1.82, 2.24) is 10.3 Å². The van der Waals surface area contributed by atoms with Gasteiger partial charge in [-0.05, 0) is 42.3 Å². The second kappa shape index (κ2) is 8.69. The molecule has 0 aliphatic heterocycles. The highest BCUT2D eigenvalue weighted by molar-refractivity contribution is 5.87. The van der Waals surface area contributed by atoms with E-state index in [-0.39, 0.29) is 28.1 Å². The topological polar surface area (TPSA) is 71.5 Å². The zero-order valence-electron chi connectivity index (χ0n) is 15.9. The van der Waals surface area contributed by atoms with Gasteiger partial charge in [-0.3, -0.25) is 9.78 Å². The number of unbranched alkanes of at least 4 members (excludes halogenated alkanes) is 1. The molecule has 0 aliphatic carbocycles. The number of phenolic OH excluding ortho intramolecular Hbond substituents is 1. The van der Waals surface area contributed by atoms with Crippen molar-refractivity contribution in [2.45, 2.75) is 32.2 Å². The Balaban J connectivity index is 2.08. The zero-order valence-corrected chi connectivity index (χ0v) is 15.9. The van der Waals surface area contributed by atoms with Gasteiger partial charge in [-0.15, -0.1) is 0 Å². The standard InChI is InChI=1S/C22H23FN2O3/c1-3-4-7-19(26)25-20(14-8-10-15(28-2)11-9-14)17-13-18(23)16-6-5-12-24-21(16)22(17)27/h5-6,8-13,20,27H,3-4,7H2,1-2H3,(H,25,26). The van der Waals surface area contributed by atoms with Crippen molar-refractivity contribution >= 4 is 16.8 Å². The summed E-state index contributed by atoms with van der Waals surface area (Å²) in [4.78, 5) is 16.5. The Morgan fingerprint density at radius 3 is 2.71 bits per heavy atom. The van der Waals surface area contributed by atoms with Crippen LogP contribution in [-0.4, -0.2) is 23.1 Å². The van der Waals surface area contributed by atoms with Crippen LogP contribution in [-0.2, 0) is 4.79 Å². The number of hydrogen-bond acceptors (Lipinski definition) is 4. The molecule has 0 saturated heterocycles. The van der Waals surface area contributed by atoms with Crippen LogP contribution in [0.1, 0.15) is 43.4 Å². The van der Waals surface area contributed by atoms with Crippen molar-refractivity contribution in [3.8, 4) is 11.5 Å². The second-order valence-corrected chi connectivity index (χ2v) is 6.57. The highest BCUT2D eigenvalue weighted by Gasteiger charge is 2.23. The summed E-state index contributed by atoms with van der Waals surface area (Å²) >= 11 is 0. The maximum atomic E-state index is 14.7. The predicted octanol–water partition coefficient (Wildman–Crippen LogP) is 4.48. The summed E-state index contributed by atoms with van der Waals surface area (Å²) in [7, 11) is 1.56. The number of fused-ring (bicyclic) bond motifs is 1. The van der Waals surface area contributed by atoms with Gasteiger partial charge in [-0.1, -0.05) is 25.5 Å². The first-order valence-electron chi connectivity index (χ1n) is 9.24. The van der Waals surface area contributed by atoms with E-state index in [0.29, 0.717) is 17.7 Å². The number of aromatic hydroxyl groups is 1. The molecule has 0 radical (unpaired) electrons. The molecule has 28 heavy (non-hydrogen) atoms. The number of benzene rings is 2. The average Bonchev–Trinajstić information content (AvgIpc) is 2.73. The number of phenols is 1. The molecular formula is C22H23FN2O3. The fourth-order valence-corrected chi connectivity index (χ4v) is 3.13. The fraction of sp³-hybridized carbons (Fsp3) is 0.273. The number of hydrogen-bond donors (Lipinski definition) is 2. The summed E-state index contributed by atoms with van der Waals surface area (Å²) in [5, 5.41) is 13.9. The number of rotatable bonds is 7. The van der Waals surface area contributed by atoms with Gasteiger partial charge in [0.15, 0.2) is 0 Å². The van der Waals surface area contributed by atoms with Crippen LogP contribution in [0.5, 0.6) is 11.5 Å². The molecular weight excluding hydrogens is 359 g/mol. The van der Waals surface area contributed by atoms with Crippen molar-refractivity contribution in [2.24, 2.45) is 0 Å². The quantitative estimate of drug-likeness (QED) is 0.632. The van der Waals surface area contributed by atoms with E-state index in [1.807, 2.05) is 6.92 Å². The van der Waals surface area contributed by atoms with Crippen LogP contribution >= 0.6 is 0 Å². The van der Waals surface area contributed by atoms with E-state index in [9.17, 15) is 14.3 Å². The highest BCUT2D eigenvalue weighted by Crippen LogP contribution is 2.36. The number of carbonyl (C=O) groups is 1. The number of halogens is 1. The first-order chi connectivity index (χ1) is 13.5. The largest absolute Gasteiger partial charge is 0.505 e. The van der Waals surface area contributed by atoms with E-state index in [0.717, 1.165) is 12.8 Å². The Bertz CT molecular complexity index is 973. The minimum absolute atomic E-state index is 0.145. The Morgan fingerprint density at radius 2 is 2.04 bits per heavy atom. The maximum Gasteiger partial charge on any atom is 0.220 e. The third kappa shape index (κ3) is 4.06. The number of ether oxygens (including phenoxy) is 1. The molecule has 0 saturated carbocycles. The summed E-state index contributed by atoms with van der Waals surface area (Å²) in [5.74, 6) is -0.148. The molecule has 0 fully saturated rings. The molecule has 1 atom stereocenters. The van der Waals surface area contributed by atoms with Gasteiger partial charge < -0.3 is 15.2 Å². The first kappa shape index (κ1) is 19.6. The summed E-state index contributed by atoms with van der Waals surface area (Å²) < 4.78 is 19.9. The molecule has 5 nitrogen and oxygen atoms in total. The predicted molar refractivity (Wildman–Crippen MR) is 106 cm³/mol. The van der Waals surface area contributed by atoms with Crippen molar-refractivity contribution in [3.63, 3.8) is 0 Å². The Labute approximate surface area is 163 Å². The van der Waals surface area contributed by atoms with Gasteiger partial charge in [0.25, 0.3) is 0 Å². The fourth-order valence-electron chi connectivity index (χ4n) is 3.13. The van der Waals surface area contributed by atoms with Gasteiger partial charge in [-0.25, -0.2) is 4.39 Å². The molecule has 0 spiro atoms. The van der Waals surface area contributed by atoms with Gasteiger partial charge in [0.2, 0.25) is 5.91 Å². The van der Waals surface area contributed by atoms with Crippen LogP contribution in [0.15, 0.2) is 48.7 Å². The van der Waals surface area contributed by atoms with E-state index in [1.54, 1.807) is 43.5 Å². The molecule has 2 N–H and O–H groups in total. The van der Waals surface area contributed by atoms with Crippen molar-refractivity contribution < 1.29 is 19.0 Å². The van der Waals surface area contributed by atoms with Crippen LogP contribution in [0.25, 0.3) is 10.9 Å². The van der Waals surface area contributed by atoms with Crippen LogP contribution in [0, 0.1) is 5.82 Å². The third-order valence-corrected chi connectivity index (χ3v) is 4.67. The van der Waals surface area contributed by atoms with Crippen LogP contribution in [0.4, 0.5) is 4.39 Å². The molecule has 0 bridgehead atoms. The lowest BCUT2D eigenvalue weighted by Crippen LogP contribution is -2.29. The maximum absolute atomic E-state index is 14.7. The van der Waals surface area contributed by atoms with Crippen LogP contribution in [0.2, 0.25) is 0 Å². The van der Waals surface area contributed by atoms with E-state index in [2.05, 4.69) is 10.3 Å². The summed E-state index contributed by atoms with van der Waals surface area (Å²) in [6, 6.07) is 10.8. The van der Waals surface area contributed by atoms with Crippen molar-refractivity contribution in [1.29, 1.82) is 0 Å². The summed E-state index contributed by atoms with van der Waals surface area (Å²) in [6.07, 6.45) is 3.49. The second-order valence-electron chi connectivity index (χ2n) is 6.57. The zero-order chi connectivity index (χ0) is 20.1. The SMILES string of the molecule is CCCCC(=O)NC(c1ccc(OC)cc1)c1cc(F)c2cccnc2c1O. The molecule has 2 aromatic carbocycles. The average molecular weight is 382 g/mol. The number of carbonyl (C=O) groups excluding carboxylic acids is 1. The lowest BCUT2D eigenvalue weighted by Gasteiger charge is -2.22. The Morgan fingerprint density at radius 1 is 1.29 bits per heavy atom. The van der Waals surface area contributed by atoms with Crippen LogP contribution < -0.4 is 10.1 Å². The number of nitrogens with one attached hydrogen (secondary N) is 1. The monoisotopic (exact) mass is 382 g/mol. The Kier molecular flexibility index (Phi) is 6.09. The van der Waals surface area contributed by atoms with Crippen molar-refractivity contribution in [3.05, 3.63) is 65.6 Å². The molecule has 1 unspecified atom stereocenters. The number of methoxy groups -OCH3 is 1. The third-order valence-electron chi connectivity index (χ3n) is 4.67. The lowest BCUT2D eigenvalue weighted by atomic mass is 9.95. The number of aromatic nitrogens is 1. The van der Waals surface area contributed by atoms with Gasteiger partial charge >= 0.3 is 0 Å².